The highest BCUT2D eigenvalue weighted by Gasteiger charge is 2.41. The van der Waals surface area contributed by atoms with Gasteiger partial charge in [-0.05, 0) is 30.7 Å². The van der Waals surface area contributed by atoms with Gasteiger partial charge in [0, 0.05) is 6.92 Å². The molecule has 0 spiro atoms. The van der Waals surface area contributed by atoms with E-state index in [0.717, 1.165) is 0 Å². The Morgan fingerprint density at radius 1 is 1.42 bits per heavy atom. The van der Waals surface area contributed by atoms with Crippen LogP contribution in [-0.2, 0) is 4.79 Å². The lowest BCUT2D eigenvalue weighted by Gasteiger charge is -2.42. The minimum atomic E-state index is -1.74. The molecule has 2 atom stereocenters. The van der Waals surface area contributed by atoms with E-state index in [1.54, 1.807) is 25.3 Å². The summed E-state index contributed by atoms with van der Waals surface area (Å²) in [6.45, 7) is 2.78. The molecule has 0 aromatic heterocycles. The van der Waals surface area contributed by atoms with Crippen molar-refractivity contribution in [2.75, 3.05) is 20.9 Å². The van der Waals surface area contributed by atoms with Crippen molar-refractivity contribution < 1.29 is 24.5 Å². The van der Waals surface area contributed by atoms with Crippen LogP contribution in [0.15, 0.2) is 28.3 Å². The van der Waals surface area contributed by atoms with Crippen molar-refractivity contribution in [1.82, 2.24) is 9.91 Å². The molecular formula is C16H23N5O5. The second-order valence-electron chi connectivity index (χ2n) is 5.82. The molecule has 26 heavy (non-hydrogen) atoms. The van der Waals surface area contributed by atoms with Crippen LogP contribution in [0.5, 0.6) is 11.5 Å². The first-order valence-corrected chi connectivity index (χ1v) is 7.80. The van der Waals surface area contributed by atoms with Crippen LogP contribution in [0.25, 0.3) is 0 Å². The van der Waals surface area contributed by atoms with Gasteiger partial charge in [-0.3, -0.25) is 4.79 Å². The summed E-state index contributed by atoms with van der Waals surface area (Å²) < 4.78 is 10.4. The number of aliphatic imine (C=N–C) groups is 1. The molecule has 4 N–H and O–H groups in total. The summed E-state index contributed by atoms with van der Waals surface area (Å²) in [5, 5.41) is 25.1. The fourth-order valence-electron chi connectivity index (χ4n) is 2.48. The van der Waals surface area contributed by atoms with Gasteiger partial charge in [0.1, 0.15) is 12.7 Å². The molecule has 1 aromatic carbocycles. The van der Waals surface area contributed by atoms with Crippen molar-refractivity contribution in [3.63, 3.8) is 0 Å². The van der Waals surface area contributed by atoms with E-state index in [0.29, 0.717) is 17.1 Å². The third-order valence-electron chi connectivity index (χ3n) is 4.00. The molecule has 0 amide bonds. The molecule has 0 unspecified atom stereocenters. The predicted octanol–water partition coefficient (Wildman–Crippen LogP) is 0.0666. The predicted molar refractivity (Wildman–Crippen MR) is 95.0 cm³/mol. The number of guanidine groups is 1. The molecule has 10 nitrogen and oxygen atoms in total. The first-order valence-electron chi connectivity index (χ1n) is 7.80. The Bertz CT molecular complexity index is 734. The average molecular weight is 365 g/mol. The van der Waals surface area contributed by atoms with Gasteiger partial charge in [0.25, 0.3) is 0 Å². The number of rotatable bonds is 6. The molecule has 0 saturated carbocycles. The number of aliphatic carboxylic acids is 1. The van der Waals surface area contributed by atoms with Gasteiger partial charge in [0.2, 0.25) is 11.8 Å². The summed E-state index contributed by atoms with van der Waals surface area (Å²) in [7, 11) is 3.07. The van der Waals surface area contributed by atoms with Crippen molar-refractivity contribution in [1.29, 1.82) is 0 Å². The van der Waals surface area contributed by atoms with Crippen molar-refractivity contribution in [3.05, 3.63) is 23.8 Å². The standard InChI is InChI=1S/C16H23N5O5/c1-10(14(22)23)20-9-21(15(17)19-16(20,2)24)18-8-11-5-6-12(25-3)13(7-11)26-4/h5-8,10,24H,9H2,1-4H3,(H2,17,19)(H,22,23)/b18-8-/t10-,16+/m0/s1. The highest BCUT2D eigenvalue weighted by atomic mass is 16.5. The van der Waals surface area contributed by atoms with E-state index in [4.69, 9.17) is 15.2 Å². The van der Waals surface area contributed by atoms with Crippen molar-refractivity contribution in [3.8, 4) is 11.5 Å². The van der Waals surface area contributed by atoms with Crippen molar-refractivity contribution in [2.45, 2.75) is 25.7 Å². The number of hydrazone groups is 1. The number of hydrogen-bond donors (Lipinski definition) is 3. The Morgan fingerprint density at radius 3 is 2.65 bits per heavy atom. The van der Waals surface area contributed by atoms with Gasteiger partial charge in [-0.25, -0.2) is 14.9 Å². The van der Waals surface area contributed by atoms with Crippen LogP contribution in [0.3, 0.4) is 0 Å². The minimum absolute atomic E-state index is 0.0273. The summed E-state index contributed by atoms with van der Waals surface area (Å²) in [6, 6.07) is 4.25. The van der Waals surface area contributed by atoms with E-state index in [-0.39, 0.29) is 12.6 Å². The van der Waals surface area contributed by atoms with E-state index >= 15 is 0 Å². The Kier molecular flexibility index (Phi) is 5.68. The number of ether oxygens (including phenoxy) is 2. The number of nitrogens with zero attached hydrogens (tertiary/aromatic N) is 4. The van der Waals surface area contributed by atoms with Gasteiger partial charge in [0.15, 0.2) is 11.5 Å². The highest BCUT2D eigenvalue weighted by Crippen LogP contribution is 2.27. The molecule has 0 radical (unpaired) electrons. The van der Waals surface area contributed by atoms with Crippen LogP contribution in [0.1, 0.15) is 19.4 Å². The van der Waals surface area contributed by atoms with E-state index in [2.05, 4.69) is 10.1 Å². The zero-order valence-electron chi connectivity index (χ0n) is 15.1. The van der Waals surface area contributed by atoms with Gasteiger partial charge in [-0.2, -0.15) is 5.10 Å². The number of carboxylic acid groups (broad SMARTS) is 1. The Morgan fingerprint density at radius 2 is 2.08 bits per heavy atom. The quantitative estimate of drug-likeness (QED) is 0.603. The van der Waals surface area contributed by atoms with E-state index in [1.165, 1.54) is 37.1 Å². The van der Waals surface area contributed by atoms with Crippen molar-refractivity contribution >= 4 is 18.1 Å². The summed E-state index contributed by atoms with van der Waals surface area (Å²) in [5.74, 6) is -1.73. The lowest BCUT2D eigenvalue weighted by molar-refractivity contribution is -0.165. The fourth-order valence-corrected chi connectivity index (χ4v) is 2.48. The lowest BCUT2D eigenvalue weighted by atomic mass is 10.2. The summed E-state index contributed by atoms with van der Waals surface area (Å²) in [4.78, 5) is 16.5. The van der Waals surface area contributed by atoms with E-state index < -0.39 is 17.9 Å². The average Bonchev–Trinajstić information content (AvgIpc) is 2.59. The number of carboxylic acids is 1. The SMILES string of the molecule is COc1ccc(/C=N\N2CN([C@@H](C)C(=O)O)[C@](C)(O)N=C2N)cc1OC. The molecule has 2 rings (SSSR count). The topological polar surface area (TPSA) is 133 Å². The van der Waals surface area contributed by atoms with Gasteiger partial charge in [-0.1, -0.05) is 0 Å². The number of carbonyl (C=O) groups is 1. The number of benzene rings is 1. The first kappa shape index (κ1) is 19.5. The molecule has 10 heteroatoms. The van der Waals surface area contributed by atoms with Gasteiger partial charge >= 0.3 is 5.97 Å². The van der Waals surface area contributed by atoms with Gasteiger partial charge in [0.05, 0.1) is 20.4 Å². The van der Waals surface area contributed by atoms with Crippen LogP contribution in [0.4, 0.5) is 0 Å². The smallest absolute Gasteiger partial charge is 0.320 e. The molecule has 0 saturated heterocycles. The van der Waals surface area contributed by atoms with Crippen LogP contribution >= 0.6 is 0 Å². The molecule has 0 bridgehead atoms. The molecule has 0 fully saturated rings. The second kappa shape index (κ2) is 7.58. The molecule has 0 aliphatic carbocycles. The Hall–Kier alpha value is -2.85. The Balaban J connectivity index is 2.25. The van der Waals surface area contributed by atoms with Crippen molar-refractivity contribution in [2.24, 2.45) is 15.8 Å². The largest absolute Gasteiger partial charge is 0.493 e. The van der Waals surface area contributed by atoms with Crippen LogP contribution < -0.4 is 15.2 Å². The number of hydrogen-bond acceptors (Lipinski definition) is 9. The maximum atomic E-state index is 11.3. The van der Waals surface area contributed by atoms with Crippen LogP contribution in [0.2, 0.25) is 0 Å². The monoisotopic (exact) mass is 365 g/mol. The molecule has 1 heterocycles. The molecule has 1 aromatic rings. The van der Waals surface area contributed by atoms with E-state index in [1.807, 2.05) is 0 Å². The fraction of sp³-hybridized carbons (Fsp3) is 0.438. The zero-order valence-corrected chi connectivity index (χ0v) is 15.1. The van der Waals surface area contributed by atoms with Gasteiger partial charge < -0.3 is 25.4 Å². The first-order chi connectivity index (χ1) is 12.2. The minimum Gasteiger partial charge on any atom is -0.493 e. The number of nitrogens with two attached hydrogens (primary N) is 1. The molecular weight excluding hydrogens is 342 g/mol. The third-order valence-corrected chi connectivity index (χ3v) is 4.00. The van der Waals surface area contributed by atoms with Gasteiger partial charge in [-0.15, -0.1) is 0 Å². The van der Waals surface area contributed by atoms with Crippen LogP contribution in [-0.4, -0.2) is 71.0 Å². The summed E-state index contributed by atoms with van der Waals surface area (Å²) in [5.41, 5.74) is 6.56. The highest BCUT2D eigenvalue weighted by molar-refractivity contribution is 5.84. The zero-order chi connectivity index (χ0) is 19.5. The molecule has 1 aliphatic heterocycles. The maximum absolute atomic E-state index is 11.3. The number of aliphatic hydroxyl groups is 1. The normalized spacial score (nSPS) is 22.2. The Labute approximate surface area is 151 Å². The maximum Gasteiger partial charge on any atom is 0.320 e. The van der Waals surface area contributed by atoms with E-state index in [9.17, 15) is 15.0 Å². The summed E-state index contributed by atoms with van der Waals surface area (Å²) >= 11 is 0. The summed E-state index contributed by atoms with van der Waals surface area (Å²) in [6.07, 6.45) is 1.52. The second-order valence-corrected chi connectivity index (χ2v) is 5.82. The molecule has 142 valence electrons. The molecule has 1 aliphatic rings. The third kappa shape index (κ3) is 4.03. The lowest BCUT2D eigenvalue weighted by Crippen LogP contribution is -2.61. The van der Waals surface area contributed by atoms with Crippen LogP contribution in [0, 0.1) is 0 Å². The number of methoxy groups -OCH3 is 2.